The number of benzene rings is 3. The standard InChI is InChI=1S/C40H47NO5Si/c1-7-44-38(43)40(25-22-31-18-19-32-20-21-36(41-37(32)28-31)29(2)45-30(3)42)26-23-33(24-27-40)46-47(39(4,5)6,34-14-10-8-11-15-34)35-16-12-9-13-17-35/h8-22,25,28-29,33H,7,23-24,26-27H2,1-6H3/t29-,33?,40?/m1/s1. The van der Waals surface area contributed by atoms with Crippen LogP contribution in [0.4, 0.5) is 0 Å². The molecule has 47 heavy (non-hydrogen) atoms. The summed E-state index contributed by atoms with van der Waals surface area (Å²) in [6.45, 7) is 12.3. The van der Waals surface area contributed by atoms with Crippen molar-refractivity contribution in [3.63, 3.8) is 0 Å². The van der Waals surface area contributed by atoms with Crippen molar-refractivity contribution < 1.29 is 23.5 Å². The quantitative estimate of drug-likeness (QED) is 0.128. The minimum absolute atomic E-state index is 0.0137. The number of esters is 2. The second kappa shape index (κ2) is 14.4. The molecule has 5 rings (SSSR count). The van der Waals surface area contributed by atoms with Crippen LogP contribution in [0.2, 0.25) is 5.04 Å². The van der Waals surface area contributed by atoms with E-state index in [4.69, 9.17) is 18.9 Å². The molecule has 1 saturated carbocycles. The molecule has 0 bridgehead atoms. The van der Waals surface area contributed by atoms with E-state index in [0.29, 0.717) is 25.1 Å². The SMILES string of the molecule is CCOC(=O)C1(C=Cc2ccc3ccc([C@@H](C)OC(C)=O)nc3c2)CCC(O[Si](c2ccccc2)(c2ccccc2)C(C)(C)C)CC1. The van der Waals surface area contributed by atoms with Gasteiger partial charge in [0.1, 0.15) is 6.10 Å². The van der Waals surface area contributed by atoms with Crippen molar-refractivity contribution in [2.75, 3.05) is 6.61 Å². The second-order valence-electron chi connectivity index (χ2n) is 13.6. The van der Waals surface area contributed by atoms with Crippen molar-refractivity contribution in [3.8, 4) is 0 Å². The molecular formula is C40H47NO5Si. The summed E-state index contributed by atoms with van der Waals surface area (Å²) in [6.07, 6.45) is 6.42. The number of nitrogens with zero attached hydrogens (tertiary/aromatic N) is 1. The van der Waals surface area contributed by atoms with E-state index in [1.54, 1.807) is 0 Å². The third-order valence-corrected chi connectivity index (χ3v) is 14.5. The fourth-order valence-electron chi connectivity index (χ4n) is 6.92. The molecule has 4 aromatic rings. The molecule has 0 N–H and O–H groups in total. The van der Waals surface area contributed by atoms with Gasteiger partial charge in [0.2, 0.25) is 0 Å². The van der Waals surface area contributed by atoms with E-state index in [1.165, 1.54) is 17.3 Å². The van der Waals surface area contributed by atoms with Crippen LogP contribution in [0.5, 0.6) is 0 Å². The van der Waals surface area contributed by atoms with Crippen LogP contribution >= 0.6 is 0 Å². The Kier molecular flexibility index (Phi) is 10.5. The van der Waals surface area contributed by atoms with Crippen molar-refractivity contribution in [2.45, 2.75) is 84.5 Å². The maximum atomic E-state index is 13.6. The van der Waals surface area contributed by atoms with Gasteiger partial charge in [-0.15, -0.1) is 0 Å². The van der Waals surface area contributed by atoms with Crippen LogP contribution in [-0.4, -0.2) is 38.0 Å². The van der Waals surface area contributed by atoms with Crippen LogP contribution in [0.25, 0.3) is 17.0 Å². The van der Waals surface area contributed by atoms with E-state index in [1.807, 2.05) is 56.3 Å². The molecule has 0 saturated heterocycles. The van der Waals surface area contributed by atoms with Gasteiger partial charge in [-0.2, -0.15) is 0 Å². The Bertz CT molecular complexity index is 1670. The first-order valence-electron chi connectivity index (χ1n) is 16.7. The lowest BCUT2D eigenvalue weighted by Crippen LogP contribution is -2.68. The van der Waals surface area contributed by atoms with Crippen LogP contribution < -0.4 is 10.4 Å². The van der Waals surface area contributed by atoms with Crippen LogP contribution in [0.3, 0.4) is 0 Å². The van der Waals surface area contributed by atoms with Crippen molar-refractivity contribution in [1.82, 2.24) is 4.98 Å². The predicted molar refractivity (Wildman–Crippen MR) is 191 cm³/mol. The summed E-state index contributed by atoms with van der Waals surface area (Å²) in [4.78, 5) is 29.8. The number of carbonyl (C=O) groups excluding carboxylic acids is 2. The molecule has 1 aliphatic rings. The minimum atomic E-state index is -2.71. The summed E-state index contributed by atoms with van der Waals surface area (Å²) >= 11 is 0. The lowest BCUT2D eigenvalue weighted by Gasteiger charge is -2.47. The highest BCUT2D eigenvalue weighted by atomic mass is 28.4. The average molecular weight is 650 g/mol. The number of hydrogen-bond donors (Lipinski definition) is 0. The Morgan fingerprint density at radius 1 is 0.936 bits per heavy atom. The van der Waals surface area contributed by atoms with Crippen molar-refractivity contribution >= 4 is 47.6 Å². The van der Waals surface area contributed by atoms with E-state index < -0.39 is 19.8 Å². The number of hydrogen-bond acceptors (Lipinski definition) is 6. The largest absolute Gasteiger partial charge is 0.465 e. The van der Waals surface area contributed by atoms with Gasteiger partial charge in [-0.25, -0.2) is 4.98 Å². The molecular weight excluding hydrogens is 603 g/mol. The summed E-state index contributed by atoms with van der Waals surface area (Å²) < 4.78 is 18.4. The van der Waals surface area contributed by atoms with Gasteiger partial charge in [-0.3, -0.25) is 9.59 Å². The molecule has 7 heteroatoms. The summed E-state index contributed by atoms with van der Waals surface area (Å²) in [6, 6.07) is 31.4. The zero-order valence-corrected chi connectivity index (χ0v) is 29.5. The molecule has 6 nitrogen and oxygen atoms in total. The lowest BCUT2D eigenvalue weighted by atomic mass is 9.72. The smallest absolute Gasteiger partial charge is 0.315 e. The van der Waals surface area contributed by atoms with E-state index in [9.17, 15) is 9.59 Å². The monoisotopic (exact) mass is 649 g/mol. The van der Waals surface area contributed by atoms with Gasteiger partial charge in [0.05, 0.1) is 23.2 Å². The van der Waals surface area contributed by atoms with Crippen molar-refractivity contribution in [3.05, 3.63) is 108 Å². The molecule has 0 amide bonds. The minimum Gasteiger partial charge on any atom is -0.465 e. The lowest BCUT2D eigenvalue weighted by molar-refractivity contribution is -0.155. The average Bonchev–Trinajstić information content (AvgIpc) is 3.06. The normalized spacial score (nSPS) is 19.4. The fourth-order valence-corrected chi connectivity index (χ4v) is 11.7. The first-order chi connectivity index (χ1) is 22.5. The molecule has 0 aliphatic heterocycles. The number of carbonyl (C=O) groups is 2. The maximum Gasteiger partial charge on any atom is 0.315 e. The zero-order valence-electron chi connectivity index (χ0n) is 28.5. The van der Waals surface area contributed by atoms with Gasteiger partial charge in [0, 0.05) is 18.4 Å². The number of pyridine rings is 1. The molecule has 3 aromatic carbocycles. The first kappa shape index (κ1) is 34.3. The predicted octanol–water partition coefficient (Wildman–Crippen LogP) is 7.94. The molecule has 246 valence electrons. The van der Waals surface area contributed by atoms with Crippen LogP contribution in [0, 0.1) is 5.41 Å². The Morgan fingerprint density at radius 3 is 2.09 bits per heavy atom. The third kappa shape index (κ3) is 7.42. The number of aromatic nitrogens is 1. The van der Waals surface area contributed by atoms with Crippen molar-refractivity contribution in [1.29, 1.82) is 0 Å². The highest BCUT2D eigenvalue weighted by molar-refractivity contribution is 6.99. The Balaban J connectivity index is 1.42. The fraction of sp³-hybridized carbons (Fsp3) is 0.375. The Morgan fingerprint density at radius 2 is 1.53 bits per heavy atom. The summed E-state index contributed by atoms with van der Waals surface area (Å²) in [5.74, 6) is -0.524. The Hall–Kier alpha value is -4.07. The van der Waals surface area contributed by atoms with Gasteiger partial charge < -0.3 is 13.9 Å². The molecule has 0 unspecified atom stereocenters. The molecule has 1 fully saturated rings. The maximum absolute atomic E-state index is 13.6. The molecule has 1 aromatic heterocycles. The van der Waals surface area contributed by atoms with Crippen LogP contribution in [-0.2, 0) is 23.5 Å². The third-order valence-electron chi connectivity index (χ3n) is 9.36. The summed E-state index contributed by atoms with van der Waals surface area (Å²) in [5, 5.41) is 3.39. The van der Waals surface area contributed by atoms with Gasteiger partial charge >= 0.3 is 11.9 Å². The molecule has 0 spiro atoms. The molecule has 1 heterocycles. The zero-order chi connectivity index (χ0) is 33.7. The topological polar surface area (TPSA) is 74.7 Å². The molecule has 1 aliphatic carbocycles. The summed E-state index contributed by atoms with van der Waals surface area (Å²) in [7, 11) is -2.71. The van der Waals surface area contributed by atoms with Gasteiger partial charge in [0.15, 0.2) is 0 Å². The number of ether oxygens (including phenoxy) is 2. The number of rotatable bonds is 10. The van der Waals surface area contributed by atoms with E-state index >= 15 is 0 Å². The van der Waals surface area contributed by atoms with Gasteiger partial charge in [0.25, 0.3) is 8.32 Å². The van der Waals surface area contributed by atoms with Crippen LogP contribution in [0.1, 0.15) is 84.6 Å². The van der Waals surface area contributed by atoms with E-state index in [2.05, 4.69) is 81.4 Å². The number of fused-ring (bicyclic) bond motifs is 1. The van der Waals surface area contributed by atoms with Gasteiger partial charge in [-0.1, -0.05) is 112 Å². The van der Waals surface area contributed by atoms with Gasteiger partial charge in [-0.05, 0) is 72.6 Å². The first-order valence-corrected chi connectivity index (χ1v) is 18.6. The Labute approximate surface area is 280 Å². The molecule has 1 atom stereocenters. The summed E-state index contributed by atoms with van der Waals surface area (Å²) in [5.41, 5.74) is 1.69. The van der Waals surface area contributed by atoms with E-state index in [0.717, 1.165) is 29.3 Å². The van der Waals surface area contributed by atoms with Crippen LogP contribution in [0.15, 0.2) is 97.1 Å². The van der Waals surface area contributed by atoms with Crippen molar-refractivity contribution in [2.24, 2.45) is 5.41 Å². The highest BCUT2D eigenvalue weighted by Gasteiger charge is 2.52. The van der Waals surface area contributed by atoms with E-state index in [-0.39, 0.29) is 23.1 Å². The second-order valence-corrected chi connectivity index (χ2v) is 17.9. The highest BCUT2D eigenvalue weighted by Crippen LogP contribution is 2.44. The molecule has 0 radical (unpaired) electrons.